The highest BCUT2D eigenvalue weighted by atomic mass is 19.4. The van der Waals surface area contributed by atoms with Crippen LogP contribution in [0.3, 0.4) is 0 Å². The fourth-order valence-electron chi connectivity index (χ4n) is 1.67. The second kappa shape index (κ2) is 8.01. The molecule has 0 saturated heterocycles. The topological polar surface area (TPSA) is 148 Å². The minimum absolute atomic E-state index is 0.531. The number of halogens is 3. The molecule has 0 aliphatic rings. The van der Waals surface area contributed by atoms with Crippen LogP contribution in [-0.4, -0.2) is 56.5 Å². The second-order valence-electron chi connectivity index (χ2n) is 4.58. The molecular weight excluding hydrogens is 339 g/mol. The van der Waals surface area contributed by atoms with Gasteiger partial charge < -0.3 is 20.4 Å². The zero-order chi connectivity index (χ0) is 18.5. The number of nitro benzene ring substituents is 1. The molecule has 0 aromatic heterocycles. The lowest BCUT2D eigenvalue weighted by atomic mass is 10.1. The van der Waals surface area contributed by atoms with Crippen LogP contribution in [0.4, 0.5) is 24.5 Å². The Labute approximate surface area is 132 Å². The molecule has 3 atom stereocenters. The number of hydrogen-bond acceptors (Lipinski definition) is 8. The van der Waals surface area contributed by atoms with Crippen LogP contribution >= 0.6 is 0 Å². The molecule has 12 heteroatoms. The highest BCUT2D eigenvalue weighted by Crippen LogP contribution is 2.39. The summed E-state index contributed by atoms with van der Waals surface area (Å²) in [7, 11) is 0. The van der Waals surface area contributed by atoms with Crippen LogP contribution < -0.4 is 5.43 Å². The lowest BCUT2D eigenvalue weighted by molar-refractivity contribution is -0.387. The van der Waals surface area contributed by atoms with Crippen LogP contribution in [0.1, 0.15) is 5.56 Å². The molecule has 0 saturated carbocycles. The molecule has 134 valence electrons. The summed E-state index contributed by atoms with van der Waals surface area (Å²) in [6.45, 7) is -0.849. The summed E-state index contributed by atoms with van der Waals surface area (Å²) < 4.78 is 38.3. The Balaban J connectivity index is 3.00. The van der Waals surface area contributed by atoms with Gasteiger partial charge in [0.25, 0.3) is 0 Å². The number of nitro groups is 1. The Bertz CT molecular complexity index is 610. The summed E-state index contributed by atoms with van der Waals surface area (Å²) in [5, 5.41) is 50.7. The van der Waals surface area contributed by atoms with Crippen molar-refractivity contribution in [3.63, 3.8) is 0 Å². The maximum Gasteiger partial charge on any atom is 0.423 e. The third kappa shape index (κ3) is 4.86. The SMILES string of the molecule is O=[N+]([O-])c1c(N/N=C\[C@H](O)[C@@H](O)[C@@H](O)CO)cccc1C(F)(F)F. The van der Waals surface area contributed by atoms with Crippen LogP contribution in [0.5, 0.6) is 0 Å². The normalized spacial score (nSPS) is 16.0. The standard InChI is InChI=1S/C12H14F3N3O6/c13-12(14,15)6-2-1-3-7(10(6)18(23)24)17-16-4-8(20)11(22)9(21)5-19/h1-4,8-9,11,17,19-22H,5H2/b16-4-/t8-,9-,11+/m0/s1. The minimum Gasteiger partial charge on any atom is -0.394 e. The van der Waals surface area contributed by atoms with E-state index in [4.69, 9.17) is 10.2 Å². The van der Waals surface area contributed by atoms with Gasteiger partial charge in [-0.15, -0.1) is 0 Å². The smallest absolute Gasteiger partial charge is 0.394 e. The second-order valence-corrected chi connectivity index (χ2v) is 4.58. The van der Waals surface area contributed by atoms with Gasteiger partial charge in [-0.05, 0) is 12.1 Å². The van der Waals surface area contributed by atoms with E-state index < -0.39 is 53.0 Å². The van der Waals surface area contributed by atoms with E-state index in [-0.39, 0.29) is 0 Å². The third-order valence-corrected chi connectivity index (χ3v) is 2.87. The van der Waals surface area contributed by atoms with Gasteiger partial charge >= 0.3 is 11.9 Å². The van der Waals surface area contributed by atoms with Crippen molar-refractivity contribution < 1.29 is 38.5 Å². The van der Waals surface area contributed by atoms with E-state index in [2.05, 4.69) is 5.10 Å². The Hall–Kier alpha value is -2.28. The number of alkyl halides is 3. The Morgan fingerprint density at radius 1 is 1.33 bits per heavy atom. The highest BCUT2D eigenvalue weighted by Gasteiger charge is 2.39. The van der Waals surface area contributed by atoms with Gasteiger partial charge in [0, 0.05) is 0 Å². The van der Waals surface area contributed by atoms with Gasteiger partial charge in [-0.1, -0.05) is 6.07 Å². The summed E-state index contributed by atoms with van der Waals surface area (Å²) in [5.74, 6) is 0. The lowest BCUT2D eigenvalue weighted by Crippen LogP contribution is -2.40. The number of nitrogens with one attached hydrogen (secondary N) is 1. The van der Waals surface area contributed by atoms with E-state index in [1.807, 2.05) is 5.43 Å². The number of rotatable bonds is 7. The molecular formula is C12H14F3N3O6. The van der Waals surface area contributed by atoms with Gasteiger partial charge in [-0.25, -0.2) is 0 Å². The molecule has 0 fully saturated rings. The van der Waals surface area contributed by atoms with Gasteiger partial charge in [-0.3, -0.25) is 15.5 Å². The predicted molar refractivity (Wildman–Crippen MR) is 75.3 cm³/mol. The molecule has 0 heterocycles. The quantitative estimate of drug-likeness (QED) is 0.265. The number of aliphatic hydroxyl groups is 4. The number of aliphatic hydroxyl groups excluding tert-OH is 4. The van der Waals surface area contributed by atoms with Crippen LogP contribution in [0.2, 0.25) is 0 Å². The van der Waals surface area contributed by atoms with Crippen LogP contribution in [-0.2, 0) is 6.18 Å². The number of hydrogen-bond donors (Lipinski definition) is 5. The molecule has 0 amide bonds. The van der Waals surface area contributed by atoms with E-state index in [1.54, 1.807) is 0 Å². The molecule has 9 nitrogen and oxygen atoms in total. The van der Waals surface area contributed by atoms with Crippen LogP contribution in [0, 0.1) is 10.1 Å². The molecule has 0 unspecified atom stereocenters. The summed E-state index contributed by atoms with van der Waals surface area (Å²) >= 11 is 0. The van der Waals surface area contributed by atoms with Gasteiger partial charge in [0.1, 0.15) is 29.6 Å². The van der Waals surface area contributed by atoms with E-state index in [0.717, 1.165) is 12.1 Å². The minimum atomic E-state index is -4.95. The summed E-state index contributed by atoms with van der Waals surface area (Å²) in [6, 6.07) is 2.42. The fraction of sp³-hybridized carbons (Fsp3) is 0.417. The summed E-state index contributed by atoms with van der Waals surface area (Å²) in [5.41, 5.74) is -1.36. The number of anilines is 1. The fourth-order valence-corrected chi connectivity index (χ4v) is 1.67. The first-order valence-electron chi connectivity index (χ1n) is 6.38. The maximum absolute atomic E-state index is 12.8. The van der Waals surface area contributed by atoms with E-state index in [1.165, 1.54) is 0 Å². The Morgan fingerprint density at radius 3 is 2.46 bits per heavy atom. The van der Waals surface area contributed by atoms with Crippen molar-refractivity contribution in [1.29, 1.82) is 0 Å². The van der Waals surface area contributed by atoms with Crippen molar-refractivity contribution in [3.8, 4) is 0 Å². The molecule has 0 spiro atoms. The van der Waals surface area contributed by atoms with Gasteiger partial charge in [-0.2, -0.15) is 18.3 Å². The van der Waals surface area contributed by atoms with E-state index in [9.17, 15) is 33.5 Å². The first-order valence-corrected chi connectivity index (χ1v) is 6.38. The summed E-state index contributed by atoms with van der Waals surface area (Å²) in [4.78, 5) is 9.65. The van der Waals surface area contributed by atoms with Gasteiger partial charge in [0.05, 0.1) is 17.7 Å². The molecule has 1 rings (SSSR count). The molecule has 24 heavy (non-hydrogen) atoms. The molecule has 1 aromatic carbocycles. The van der Waals surface area contributed by atoms with E-state index in [0.29, 0.717) is 12.3 Å². The number of hydrazone groups is 1. The monoisotopic (exact) mass is 353 g/mol. The summed E-state index contributed by atoms with van der Waals surface area (Å²) in [6.07, 6.45) is -9.60. The number of benzene rings is 1. The molecule has 1 aromatic rings. The first-order chi connectivity index (χ1) is 11.1. The van der Waals surface area contributed by atoms with Crippen molar-refractivity contribution in [2.24, 2.45) is 5.10 Å². The van der Waals surface area contributed by atoms with Crippen molar-refractivity contribution >= 4 is 17.6 Å². The van der Waals surface area contributed by atoms with Crippen molar-refractivity contribution in [3.05, 3.63) is 33.9 Å². The van der Waals surface area contributed by atoms with Gasteiger partial charge in [0.2, 0.25) is 0 Å². The largest absolute Gasteiger partial charge is 0.423 e. The number of nitrogens with zero attached hydrogens (tertiary/aromatic N) is 2. The Kier molecular flexibility index (Phi) is 6.60. The zero-order valence-electron chi connectivity index (χ0n) is 11.9. The molecule has 0 aliphatic carbocycles. The Morgan fingerprint density at radius 2 is 1.96 bits per heavy atom. The average Bonchev–Trinajstić information content (AvgIpc) is 2.51. The van der Waals surface area contributed by atoms with Crippen molar-refractivity contribution in [2.45, 2.75) is 24.5 Å². The van der Waals surface area contributed by atoms with E-state index >= 15 is 0 Å². The molecule has 5 N–H and O–H groups in total. The van der Waals surface area contributed by atoms with Crippen LogP contribution in [0.15, 0.2) is 23.3 Å². The lowest BCUT2D eigenvalue weighted by Gasteiger charge is -2.18. The molecule has 0 bridgehead atoms. The van der Waals surface area contributed by atoms with Crippen molar-refractivity contribution in [2.75, 3.05) is 12.0 Å². The maximum atomic E-state index is 12.8. The number of para-hydroxylation sites is 1. The van der Waals surface area contributed by atoms with Gasteiger partial charge in [0.15, 0.2) is 0 Å². The highest BCUT2D eigenvalue weighted by molar-refractivity contribution is 5.69. The zero-order valence-corrected chi connectivity index (χ0v) is 11.9. The average molecular weight is 353 g/mol. The molecule has 0 radical (unpaired) electrons. The van der Waals surface area contributed by atoms with Crippen LogP contribution in [0.25, 0.3) is 0 Å². The van der Waals surface area contributed by atoms with Crippen molar-refractivity contribution in [1.82, 2.24) is 0 Å². The predicted octanol–water partition coefficient (Wildman–Crippen LogP) is 0.0863. The molecule has 0 aliphatic heterocycles. The third-order valence-electron chi connectivity index (χ3n) is 2.87. The first kappa shape index (κ1) is 19.8.